The molecule has 4 rings (SSSR count). The van der Waals surface area contributed by atoms with Crippen molar-refractivity contribution in [2.75, 3.05) is 0 Å². The van der Waals surface area contributed by atoms with E-state index in [-0.39, 0.29) is 11.3 Å². The van der Waals surface area contributed by atoms with Crippen molar-refractivity contribution in [3.8, 4) is 5.75 Å². The number of carbonyl (C=O) groups excluding carboxylic acids is 1. The van der Waals surface area contributed by atoms with Crippen LogP contribution in [0.3, 0.4) is 0 Å². The summed E-state index contributed by atoms with van der Waals surface area (Å²) in [5, 5.41) is 0.746. The fraction of sp³-hybridized carbons (Fsp3) is 0.125. The van der Waals surface area contributed by atoms with Crippen molar-refractivity contribution in [1.82, 2.24) is 9.71 Å². The standard InChI is InChI=1S/C24H22N2O4S/c1-17-11-13-19(14-12-17)31(28,29)26-22(15-18-7-3-2-4-8-18)24(27)30-23-16-25-21-10-6-5-9-20(21)23/h2-14,16,22,25-26H,15H2,1H3/t22-/m0/s1. The molecular formula is C24H22N2O4S. The van der Waals surface area contributed by atoms with Gasteiger partial charge in [0, 0.05) is 17.1 Å². The van der Waals surface area contributed by atoms with Gasteiger partial charge in [0.15, 0.2) is 5.75 Å². The lowest BCUT2D eigenvalue weighted by atomic mass is 10.1. The van der Waals surface area contributed by atoms with Gasteiger partial charge in [0.25, 0.3) is 0 Å². The third-order valence-electron chi connectivity index (χ3n) is 4.96. The highest BCUT2D eigenvalue weighted by molar-refractivity contribution is 7.89. The first-order valence-electron chi connectivity index (χ1n) is 9.83. The molecule has 3 aromatic carbocycles. The average Bonchev–Trinajstić information content (AvgIpc) is 3.17. The summed E-state index contributed by atoms with van der Waals surface area (Å²) < 4.78 is 34.0. The molecule has 158 valence electrons. The Kier molecular flexibility index (Phi) is 5.88. The molecular weight excluding hydrogens is 412 g/mol. The quantitative estimate of drug-likeness (QED) is 0.431. The fourth-order valence-corrected chi connectivity index (χ4v) is 4.49. The molecule has 6 nitrogen and oxygen atoms in total. The number of aromatic nitrogens is 1. The number of benzene rings is 3. The van der Waals surface area contributed by atoms with E-state index in [2.05, 4.69) is 9.71 Å². The van der Waals surface area contributed by atoms with Crippen molar-refractivity contribution < 1.29 is 17.9 Å². The number of rotatable bonds is 7. The molecule has 0 radical (unpaired) electrons. The van der Waals surface area contributed by atoms with Crippen LogP contribution in [0.1, 0.15) is 11.1 Å². The zero-order chi connectivity index (χ0) is 21.8. The molecule has 0 bridgehead atoms. The second-order valence-corrected chi connectivity index (χ2v) is 9.01. The van der Waals surface area contributed by atoms with E-state index in [1.54, 1.807) is 18.3 Å². The highest BCUT2D eigenvalue weighted by Gasteiger charge is 2.28. The zero-order valence-corrected chi connectivity index (χ0v) is 17.7. The van der Waals surface area contributed by atoms with Gasteiger partial charge in [-0.1, -0.05) is 60.2 Å². The number of fused-ring (bicyclic) bond motifs is 1. The largest absolute Gasteiger partial charge is 0.423 e. The number of sulfonamides is 1. The number of aromatic amines is 1. The molecule has 0 unspecified atom stereocenters. The number of nitrogens with one attached hydrogen (secondary N) is 2. The Bertz CT molecular complexity index is 1300. The van der Waals surface area contributed by atoms with Crippen molar-refractivity contribution in [1.29, 1.82) is 0 Å². The van der Waals surface area contributed by atoms with Crippen molar-refractivity contribution >= 4 is 26.9 Å². The van der Waals surface area contributed by atoms with Crippen molar-refractivity contribution in [2.45, 2.75) is 24.3 Å². The van der Waals surface area contributed by atoms with Crippen LogP contribution < -0.4 is 9.46 Å². The van der Waals surface area contributed by atoms with E-state index in [9.17, 15) is 13.2 Å². The highest BCUT2D eigenvalue weighted by atomic mass is 32.2. The molecule has 0 aliphatic heterocycles. The van der Waals surface area contributed by atoms with Crippen molar-refractivity contribution in [3.63, 3.8) is 0 Å². The lowest BCUT2D eigenvalue weighted by Gasteiger charge is -2.18. The topological polar surface area (TPSA) is 88.3 Å². The number of carbonyl (C=O) groups is 1. The lowest BCUT2D eigenvalue weighted by molar-refractivity contribution is -0.136. The van der Waals surface area contributed by atoms with Crippen molar-refractivity contribution in [3.05, 3.63) is 96.2 Å². The van der Waals surface area contributed by atoms with Crippen LogP contribution in [-0.2, 0) is 21.2 Å². The Labute approximate surface area is 180 Å². The molecule has 7 heteroatoms. The average molecular weight is 435 g/mol. The predicted molar refractivity (Wildman–Crippen MR) is 119 cm³/mol. The fourth-order valence-electron chi connectivity index (χ4n) is 3.30. The lowest BCUT2D eigenvalue weighted by Crippen LogP contribution is -2.44. The van der Waals surface area contributed by atoms with E-state index in [4.69, 9.17) is 4.74 Å². The van der Waals surface area contributed by atoms with Crippen LogP contribution in [0.15, 0.2) is 90.0 Å². The van der Waals surface area contributed by atoms with Gasteiger partial charge < -0.3 is 9.72 Å². The predicted octanol–water partition coefficient (Wildman–Crippen LogP) is 3.97. The minimum absolute atomic E-state index is 0.0936. The van der Waals surface area contributed by atoms with Gasteiger partial charge in [-0.15, -0.1) is 0 Å². The molecule has 0 aliphatic rings. The minimum Gasteiger partial charge on any atom is -0.423 e. The Morgan fingerprint density at radius 1 is 0.968 bits per heavy atom. The van der Waals surface area contributed by atoms with E-state index >= 15 is 0 Å². The van der Waals surface area contributed by atoms with Gasteiger partial charge in [-0.05, 0) is 43.2 Å². The molecule has 0 spiro atoms. The van der Waals surface area contributed by atoms with E-state index in [0.29, 0.717) is 5.75 Å². The van der Waals surface area contributed by atoms with Crippen LogP contribution in [-0.4, -0.2) is 25.4 Å². The summed E-state index contributed by atoms with van der Waals surface area (Å²) in [6.07, 6.45) is 1.75. The number of esters is 1. The Morgan fingerprint density at radius 2 is 1.65 bits per heavy atom. The van der Waals surface area contributed by atoms with Gasteiger partial charge in [-0.3, -0.25) is 0 Å². The maximum Gasteiger partial charge on any atom is 0.329 e. The first kappa shape index (κ1) is 20.8. The molecule has 0 fully saturated rings. The van der Waals surface area contributed by atoms with E-state index in [1.807, 2.05) is 61.5 Å². The number of aryl methyl sites for hydroxylation is 1. The molecule has 1 atom stereocenters. The van der Waals surface area contributed by atoms with Crippen molar-refractivity contribution in [2.24, 2.45) is 0 Å². The van der Waals surface area contributed by atoms with E-state index < -0.39 is 22.0 Å². The third kappa shape index (κ3) is 4.84. The number of H-pyrrole nitrogens is 1. The molecule has 0 saturated heterocycles. The van der Waals surface area contributed by atoms with Crippen LogP contribution in [0.2, 0.25) is 0 Å². The maximum atomic E-state index is 13.1. The number of ether oxygens (including phenoxy) is 1. The second kappa shape index (κ2) is 8.75. The summed E-state index contributed by atoms with van der Waals surface area (Å²) in [4.78, 5) is 16.2. The Balaban J connectivity index is 1.62. The van der Waals surface area contributed by atoms with E-state index in [0.717, 1.165) is 22.0 Å². The smallest absolute Gasteiger partial charge is 0.329 e. The Morgan fingerprint density at radius 3 is 2.39 bits per heavy atom. The highest BCUT2D eigenvalue weighted by Crippen LogP contribution is 2.25. The second-order valence-electron chi connectivity index (χ2n) is 7.30. The van der Waals surface area contributed by atoms with Gasteiger partial charge in [-0.2, -0.15) is 4.72 Å². The summed E-state index contributed by atoms with van der Waals surface area (Å²) in [7, 11) is -3.92. The number of hydrogen-bond donors (Lipinski definition) is 2. The van der Waals surface area contributed by atoms with Crippen LogP contribution in [0.4, 0.5) is 0 Å². The molecule has 0 saturated carbocycles. The van der Waals surface area contributed by atoms with Crippen LogP contribution in [0.5, 0.6) is 5.75 Å². The van der Waals surface area contributed by atoms with Gasteiger partial charge >= 0.3 is 5.97 Å². The zero-order valence-electron chi connectivity index (χ0n) is 16.9. The molecule has 2 N–H and O–H groups in total. The number of hydrogen-bond acceptors (Lipinski definition) is 4. The summed E-state index contributed by atoms with van der Waals surface area (Å²) in [6.45, 7) is 1.88. The molecule has 1 aromatic heterocycles. The van der Waals surface area contributed by atoms with Gasteiger partial charge in [0.1, 0.15) is 6.04 Å². The first-order chi connectivity index (χ1) is 14.9. The molecule has 4 aromatic rings. The van der Waals surface area contributed by atoms with Gasteiger partial charge in [-0.25, -0.2) is 13.2 Å². The molecule has 0 amide bonds. The maximum absolute atomic E-state index is 13.1. The summed E-state index contributed by atoms with van der Waals surface area (Å²) in [5.74, 6) is -0.322. The van der Waals surface area contributed by atoms with Crippen LogP contribution in [0, 0.1) is 6.92 Å². The summed E-state index contributed by atoms with van der Waals surface area (Å²) in [6, 6.07) is 22.0. The summed E-state index contributed by atoms with van der Waals surface area (Å²) in [5.41, 5.74) is 2.58. The van der Waals surface area contributed by atoms with Crippen LogP contribution >= 0.6 is 0 Å². The molecule has 0 aliphatic carbocycles. The third-order valence-corrected chi connectivity index (χ3v) is 6.45. The number of para-hydroxylation sites is 1. The van der Waals surface area contributed by atoms with Gasteiger partial charge in [0.05, 0.1) is 4.90 Å². The molecule has 1 heterocycles. The minimum atomic E-state index is -3.92. The SMILES string of the molecule is Cc1ccc(S(=O)(=O)N[C@@H](Cc2ccccc2)C(=O)Oc2c[nH]c3ccccc23)cc1. The normalized spacial score (nSPS) is 12.5. The van der Waals surface area contributed by atoms with Crippen LogP contribution in [0.25, 0.3) is 10.9 Å². The van der Waals surface area contributed by atoms with E-state index in [1.165, 1.54) is 12.1 Å². The first-order valence-corrected chi connectivity index (χ1v) is 11.3. The molecule has 31 heavy (non-hydrogen) atoms. The van der Waals surface area contributed by atoms with Gasteiger partial charge in [0.2, 0.25) is 10.0 Å². The Hall–Kier alpha value is -3.42. The monoisotopic (exact) mass is 434 g/mol. The summed E-state index contributed by atoms with van der Waals surface area (Å²) >= 11 is 0.